The van der Waals surface area contributed by atoms with Gasteiger partial charge >= 0.3 is 0 Å². The lowest BCUT2D eigenvalue weighted by Gasteiger charge is -2.19. The van der Waals surface area contributed by atoms with Crippen molar-refractivity contribution < 1.29 is 4.79 Å². The van der Waals surface area contributed by atoms with Gasteiger partial charge in [0.25, 0.3) is 0 Å². The Labute approximate surface area is 110 Å². The normalized spacial score (nSPS) is 17.8. The van der Waals surface area contributed by atoms with Gasteiger partial charge in [0, 0.05) is 18.5 Å². The number of carbonyl (C=O) groups is 1. The highest BCUT2D eigenvalue weighted by Crippen LogP contribution is 2.23. The Kier molecular flexibility index (Phi) is 2.98. The molecule has 2 heterocycles. The molecule has 1 amide bonds. The van der Waals surface area contributed by atoms with Gasteiger partial charge in [0.15, 0.2) is 0 Å². The number of H-pyrrole nitrogens is 1. The summed E-state index contributed by atoms with van der Waals surface area (Å²) in [5.41, 5.74) is 2.97. The molecule has 3 rings (SSSR count). The average molecular weight is 257 g/mol. The Balaban J connectivity index is 1.69. The van der Waals surface area contributed by atoms with Crippen molar-refractivity contribution in [3.05, 3.63) is 35.3 Å². The van der Waals surface area contributed by atoms with Gasteiger partial charge in [0.1, 0.15) is 5.82 Å². The van der Waals surface area contributed by atoms with E-state index in [9.17, 15) is 4.79 Å². The maximum absolute atomic E-state index is 12.2. The molecular weight excluding hydrogens is 242 g/mol. The van der Waals surface area contributed by atoms with Crippen LogP contribution in [0, 0.1) is 12.8 Å². The zero-order valence-corrected chi connectivity index (χ0v) is 10.7. The summed E-state index contributed by atoms with van der Waals surface area (Å²) in [6.45, 7) is 1.97. The van der Waals surface area contributed by atoms with Gasteiger partial charge in [-0.1, -0.05) is 0 Å². The zero-order chi connectivity index (χ0) is 13.2. The first-order valence-corrected chi connectivity index (χ1v) is 6.34. The van der Waals surface area contributed by atoms with Crippen LogP contribution in [0.2, 0.25) is 0 Å². The summed E-state index contributed by atoms with van der Waals surface area (Å²) in [5.74, 6) is 0.558. The van der Waals surface area contributed by atoms with E-state index in [1.54, 1.807) is 6.20 Å². The Morgan fingerprint density at radius 3 is 3.11 bits per heavy atom. The van der Waals surface area contributed by atoms with Crippen LogP contribution in [0.1, 0.15) is 23.4 Å². The molecule has 1 aliphatic carbocycles. The van der Waals surface area contributed by atoms with Crippen molar-refractivity contribution >= 4 is 11.7 Å². The third-order valence-corrected chi connectivity index (χ3v) is 3.41. The van der Waals surface area contributed by atoms with Gasteiger partial charge in [-0.15, -0.1) is 0 Å². The first-order valence-electron chi connectivity index (χ1n) is 6.34. The minimum Gasteiger partial charge on any atom is -0.310 e. The third kappa shape index (κ3) is 2.47. The first kappa shape index (κ1) is 11.8. The van der Waals surface area contributed by atoms with Crippen molar-refractivity contribution in [3.63, 3.8) is 0 Å². The summed E-state index contributed by atoms with van der Waals surface area (Å²) in [5, 5.41) is 13.6. The molecule has 2 aromatic rings. The number of fused-ring (bicyclic) bond motifs is 1. The number of aryl methyl sites for hydroxylation is 2. The number of aromatic nitrogens is 4. The predicted octanol–water partition coefficient (Wildman–Crippen LogP) is 1.25. The monoisotopic (exact) mass is 257 g/mol. The smallest absolute Gasteiger partial charge is 0.229 e. The lowest BCUT2D eigenvalue weighted by atomic mass is 9.89. The van der Waals surface area contributed by atoms with E-state index in [1.165, 1.54) is 0 Å². The molecule has 6 nitrogen and oxygen atoms in total. The number of aromatic amines is 1. The molecule has 0 saturated heterocycles. The van der Waals surface area contributed by atoms with Gasteiger partial charge < -0.3 is 5.32 Å². The van der Waals surface area contributed by atoms with Gasteiger partial charge in [-0.05, 0) is 37.5 Å². The molecule has 0 aliphatic heterocycles. The molecule has 0 bridgehead atoms. The van der Waals surface area contributed by atoms with Crippen molar-refractivity contribution in [1.82, 2.24) is 20.4 Å². The highest BCUT2D eigenvalue weighted by Gasteiger charge is 2.27. The van der Waals surface area contributed by atoms with E-state index in [0.29, 0.717) is 12.2 Å². The molecule has 2 aromatic heterocycles. The molecule has 0 aromatic carbocycles. The predicted molar refractivity (Wildman–Crippen MR) is 69.5 cm³/mol. The van der Waals surface area contributed by atoms with E-state index < -0.39 is 0 Å². The van der Waals surface area contributed by atoms with Crippen molar-refractivity contribution in [1.29, 1.82) is 0 Å². The number of nitrogens with zero attached hydrogens (tertiary/aromatic N) is 3. The maximum Gasteiger partial charge on any atom is 0.229 e. The van der Waals surface area contributed by atoms with Crippen LogP contribution in [0.5, 0.6) is 0 Å². The number of hydrogen-bond donors (Lipinski definition) is 2. The van der Waals surface area contributed by atoms with Crippen molar-refractivity contribution in [2.75, 3.05) is 5.32 Å². The molecule has 0 fully saturated rings. The number of amides is 1. The molecule has 98 valence electrons. The second-order valence-corrected chi connectivity index (χ2v) is 4.86. The van der Waals surface area contributed by atoms with Gasteiger partial charge in [-0.3, -0.25) is 4.79 Å². The number of nitrogens with one attached hydrogen (secondary N) is 2. The lowest BCUT2D eigenvalue weighted by molar-refractivity contribution is -0.120. The number of pyridine rings is 1. The standard InChI is InChI=1S/C13H15N5O/c1-8-4-5-14-12(6-8)15-13(19)9-2-3-10-11(7-9)17-18-16-10/h4-6,9H,2-3,7H2,1H3,(H,14,15,19)(H,16,17,18). The maximum atomic E-state index is 12.2. The van der Waals surface area contributed by atoms with Crippen LogP contribution in [-0.2, 0) is 17.6 Å². The molecule has 1 unspecified atom stereocenters. The molecule has 1 aliphatic rings. The Bertz CT molecular complexity index is 607. The van der Waals surface area contributed by atoms with Crippen molar-refractivity contribution in [3.8, 4) is 0 Å². The summed E-state index contributed by atoms with van der Waals surface area (Å²) >= 11 is 0. The molecule has 1 atom stereocenters. The van der Waals surface area contributed by atoms with Crippen LogP contribution in [0.3, 0.4) is 0 Å². The van der Waals surface area contributed by atoms with Crippen LogP contribution in [-0.4, -0.2) is 26.3 Å². The van der Waals surface area contributed by atoms with Gasteiger partial charge in [-0.25, -0.2) is 4.98 Å². The summed E-state index contributed by atoms with van der Waals surface area (Å²) in [4.78, 5) is 16.3. The second kappa shape index (κ2) is 4.79. The van der Waals surface area contributed by atoms with Crippen LogP contribution in [0.4, 0.5) is 5.82 Å². The number of anilines is 1. The van der Waals surface area contributed by atoms with E-state index >= 15 is 0 Å². The SMILES string of the molecule is Cc1ccnc(NC(=O)C2CCc3n[nH]nc3C2)c1. The fourth-order valence-electron chi connectivity index (χ4n) is 2.34. The summed E-state index contributed by atoms with van der Waals surface area (Å²) < 4.78 is 0. The van der Waals surface area contributed by atoms with E-state index in [0.717, 1.165) is 29.8 Å². The highest BCUT2D eigenvalue weighted by molar-refractivity contribution is 5.92. The minimum atomic E-state index is -0.0556. The Hall–Kier alpha value is -2.24. The fourth-order valence-corrected chi connectivity index (χ4v) is 2.34. The summed E-state index contributed by atoms with van der Waals surface area (Å²) in [7, 11) is 0. The summed E-state index contributed by atoms with van der Waals surface area (Å²) in [6.07, 6.45) is 3.94. The van der Waals surface area contributed by atoms with E-state index in [-0.39, 0.29) is 11.8 Å². The molecule has 0 radical (unpaired) electrons. The summed E-state index contributed by atoms with van der Waals surface area (Å²) in [6, 6.07) is 3.76. The van der Waals surface area contributed by atoms with Crippen LogP contribution in [0.25, 0.3) is 0 Å². The molecule has 0 spiro atoms. The number of rotatable bonds is 2. The van der Waals surface area contributed by atoms with Gasteiger partial charge in [0.2, 0.25) is 5.91 Å². The van der Waals surface area contributed by atoms with Gasteiger partial charge in [0.05, 0.1) is 11.4 Å². The van der Waals surface area contributed by atoms with Crippen LogP contribution >= 0.6 is 0 Å². The van der Waals surface area contributed by atoms with Crippen molar-refractivity contribution in [2.24, 2.45) is 5.92 Å². The zero-order valence-electron chi connectivity index (χ0n) is 10.7. The van der Waals surface area contributed by atoms with E-state index in [2.05, 4.69) is 25.7 Å². The molecule has 0 saturated carbocycles. The van der Waals surface area contributed by atoms with E-state index in [1.807, 2.05) is 19.1 Å². The first-order chi connectivity index (χ1) is 9.22. The lowest BCUT2D eigenvalue weighted by Crippen LogP contribution is -2.28. The molecule has 19 heavy (non-hydrogen) atoms. The highest BCUT2D eigenvalue weighted by atomic mass is 16.1. The van der Waals surface area contributed by atoms with Crippen molar-refractivity contribution in [2.45, 2.75) is 26.2 Å². The Morgan fingerprint density at radius 2 is 2.26 bits per heavy atom. The molecule has 6 heteroatoms. The minimum absolute atomic E-state index is 0.00625. The molecular formula is C13H15N5O. The number of hydrogen-bond acceptors (Lipinski definition) is 4. The topological polar surface area (TPSA) is 83.6 Å². The second-order valence-electron chi connectivity index (χ2n) is 4.86. The molecule has 2 N–H and O–H groups in total. The van der Waals surface area contributed by atoms with Crippen LogP contribution < -0.4 is 5.32 Å². The fraction of sp³-hybridized carbons (Fsp3) is 0.385. The average Bonchev–Trinajstić information content (AvgIpc) is 2.85. The largest absolute Gasteiger partial charge is 0.310 e. The quantitative estimate of drug-likeness (QED) is 0.848. The third-order valence-electron chi connectivity index (χ3n) is 3.41. The Morgan fingerprint density at radius 1 is 1.42 bits per heavy atom. The van der Waals surface area contributed by atoms with Crippen LogP contribution in [0.15, 0.2) is 18.3 Å². The number of carbonyl (C=O) groups excluding carboxylic acids is 1. The van der Waals surface area contributed by atoms with E-state index in [4.69, 9.17) is 0 Å². The van der Waals surface area contributed by atoms with Gasteiger partial charge in [-0.2, -0.15) is 15.4 Å².